The SMILES string of the molecule is O=C(O)c1ccc2c(c1)N(C(=O)CCC1Cc3ccccc3NC1=O)CC2. The number of para-hydroxylation sites is 1. The van der Waals surface area contributed by atoms with Gasteiger partial charge in [0.15, 0.2) is 0 Å². The van der Waals surface area contributed by atoms with Gasteiger partial charge >= 0.3 is 5.97 Å². The molecule has 2 aromatic carbocycles. The van der Waals surface area contributed by atoms with Crippen LogP contribution in [0.1, 0.15) is 34.3 Å². The molecule has 1 atom stereocenters. The van der Waals surface area contributed by atoms with E-state index < -0.39 is 5.97 Å². The van der Waals surface area contributed by atoms with Crippen molar-refractivity contribution < 1.29 is 19.5 Å². The molecule has 138 valence electrons. The molecule has 2 aromatic rings. The Bertz CT molecular complexity index is 938. The molecule has 0 aliphatic carbocycles. The van der Waals surface area contributed by atoms with Crippen LogP contribution < -0.4 is 10.2 Å². The van der Waals surface area contributed by atoms with Crippen LogP contribution in [0.15, 0.2) is 42.5 Å². The van der Waals surface area contributed by atoms with Gasteiger partial charge in [-0.2, -0.15) is 0 Å². The predicted octanol–water partition coefficient (Wildman–Crippen LogP) is 2.87. The highest BCUT2D eigenvalue weighted by molar-refractivity contribution is 5.99. The lowest BCUT2D eigenvalue weighted by Gasteiger charge is -2.25. The molecule has 0 saturated carbocycles. The van der Waals surface area contributed by atoms with Crippen LogP contribution in [0.2, 0.25) is 0 Å². The Hall–Kier alpha value is -3.15. The summed E-state index contributed by atoms with van der Waals surface area (Å²) in [4.78, 5) is 37.9. The number of nitrogens with one attached hydrogen (secondary N) is 1. The lowest BCUT2D eigenvalue weighted by atomic mass is 9.89. The minimum absolute atomic E-state index is 0.0449. The van der Waals surface area contributed by atoms with Crippen molar-refractivity contribution in [3.05, 3.63) is 59.2 Å². The van der Waals surface area contributed by atoms with Gasteiger partial charge in [-0.25, -0.2) is 4.79 Å². The third-order valence-electron chi connectivity index (χ3n) is 5.35. The normalized spacial score (nSPS) is 17.9. The van der Waals surface area contributed by atoms with Crippen molar-refractivity contribution >= 4 is 29.2 Å². The third-order valence-corrected chi connectivity index (χ3v) is 5.35. The second-order valence-electron chi connectivity index (χ2n) is 7.03. The molecule has 0 saturated heterocycles. The molecule has 0 fully saturated rings. The Morgan fingerprint density at radius 1 is 1.15 bits per heavy atom. The van der Waals surface area contributed by atoms with E-state index in [1.807, 2.05) is 24.3 Å². The predicted molar refractivity (Wildman–Crippen MR) is 101 cm³/mol. The monoisotopic (exact) mass is 364 g/mol. The van der Waals surface area contributed by atoms with E-state index >= 15 is 0 Å². The zero-order valence-electron chi connectivity index (χ0n) is 14.8. The average Bonchev–Trinajstić information content (AvgIpc) is 3.09. The first-order chi connectivity index (χ1) is 13.0. The number of fused-ring (bicyclic) bond motifs is 2. The summed E-state index contributed by atoms with van der Waals surface area (Å²) in [7, 11) is 0. The summed E-state index contributed by atoms with van der Waals surface area (Å²) in [6.07, 6.45) is 2.09. The second kappa shape index (κ2) is 6.87. The number of anilines is 2. The molecule has 0 spiro atoms. The van der Waals surface area contributed by atoms with Gasteiger partial charge in [0.1, 0.15) is 0 Å². The van der Waals surface area contributed by atoms with Crippen molar-refractivity contribution in [3.63, 3.8) is 0 Å². The van der Waals surface area contributed by atoms with Crippen molar-refractivity contribution in [1.82, 2.24) is 0 Å². The van der Waals surface area contributed by atoms with Crippen LogP contribution in [0.5, 0.6) is 0 Å². The van der Waals surface area contributed by atoms with E-state index in [0.29, 0.717) is 25.1 Å². The molecule has 0 aromatic heterocycles. The van der Waals surface area contributed by atoms with E-state index in [1.54, 1.807) is 23.1 Å². The van der Waals surface area contributed by atoms with Gasteiger partial charge in [0.05, 0.1) is 5.56 Å². The summed E-state index contributed by atoms with van der Waals surface area (Å²) in [5, 5.41) is 12.1. The van der Waals surface area contributed by atoms with Crippen LogP contribution in [0.4, 0.5) is 11.4 Å². The number of aromatic carboxylic acids is 1. The molecule has 2 amide bonds. The molecule has 2 aliphatic rings. The summed E-state index contributed by atoms with van der Waals surface area (Å²) >= 11 is 0. The fraction of sp³-hybridized carbons (Fsp3) is 0.286. The van der Waals surface area contributed by atoms with Gasteiger partial charge in [-0.15, -0.1) is 0 Å². The number of carbonyl (C=O) groups is 3. The summed E-state index contributed by atoms with van der Waals surface area (Å²) in [6, 6.07) is 12.6. The van der Waals surface area contributed by atoms with Crippen LogP contribution in [0, 0.1) is 5.92 Å². The maximum atomic E-state index is 12.7. The first-order valence-electron chi connectivity index (χ1n) is 9.08. The zero-order valence-corrected chi connectivity index (χ0v) is 14.8. The average molecular weight is 364 g/mol. The van der Waals surface area contributed by atoms with E-state index in [9.17, 15) is 19.5 Å². The minimum Gasteiger partial charge on any atom is -0.478 e. The van der Waals surface area contributed by atoms with E-state index in [1.165, 1.54) is 0 Å². The summed E-state index contributed by atoms with van der Waals surface area (Å²) in [5.74, 6) is -1.34. The molecule has 4 rings (SSSR count). The maximum Gasteiger partial charge on any atom is 0.335 e. The Morgan fingerprint density at radius 2 is 1.96 bits per heavy atom. The second-order valence-corrected chi connectivity index (χ2v) is 7.03. The number of benzene rings is 2. The fourth-order valence-corrected chi connectivity index (χ4v) is 3.85. The number of nitrogens with zero attached hydrogens (tertiary/aromatic N) is 1. The molecule has 27 heavy (non-hydrogen) atoms. The van der Waals surface area contributed by atoms with Crippen LogP contribution in [-0.4, -0.2) is 29.4 Å². The largest absolute Gasteiger partial charge is 0.478 e. The van der Waals surface area contributed by atoms with Crippen LogP contribution in [0.25, 0.3) is 0 Å². The van der Waals surface area contributed by atoms with Crippen molar-refractivity contribution in [3.8, 4) is 0 Å². The molecular weight excluding hydrogens is 344 g/mol. The van der Waals surface area contributed by atoms with Gasteiger partial charge in [0.2, 0.25) is 11.8 Å². The highest BCUT2D eigenvalue weighted by Crippen LogP contribution is 2.31. The summed E-state index contributed by atoms with van der Waals surface area (Å²) < 4.78 is 0. The highest BCUT2D eigenvalue weighted by atomic mass is 16.4. The first-order valence-corrected chi connectivity index (χ1v) is 9.08. The fourth-order valence-electron chi connectivity index (χ4n) is 3.85. The van der Waals surface area contributed by atoms with Crippen molar-refractivity contribution in [1.29, 1.82) is 0 Å². The van der Waals surface area contributed by atoms with Crippen molar-refractivity contribution in [2.24, 2.45) is 5.92 Å². The van der Waals surface area contributed by atoms with Gasteiger partial charge in [0.25, 0.3) is 0 Å². The Kier molecular flexibility index (Phi) is 4.39. The van der Waals surface area contributed by atoms with Gasteiger partial charge in [-0.05, 0) is 48.6 Å². The number of carbonyl (C=O) groups excluding carboxylic acids is 2. The number of carboxylic acid groups (broad SMARTS) is 1. The minimum atomic E-state index is -1.00. The van der Waals surface area contributed by atoms with Crippen molar-refractivity contribution in [2.75, 3.05) is 16.8 Å². The number of carboxylic acids is 1. The lowest BCUT2D eigenvalue weighted by Crippen LogP contribution is -2.33. The van der Waals surface area contributed by atoms with Crippen LogP contribution in [-0.2, 0) is 22.4 Å². The third kappa shape index (κ3) is 3.30. The molecule has 0 radical (unpaired) electrons. The van der Waals surface area contributed by atoms with Crippen LogP contribution in [0.3, 0.4) is 0 Å². The van der Waals surface area contributed by atoms with Crippen LogP contribution >= 0.6 is 0 Å². The molecule has 2 heterocycles. The molecule has 0 bridgehead atoms. The van der Waals surface area contributed by atoms with E-state index in [2.05, 4.69) is 5.32 Å². The van der Waals surface area contributed by atoms with E-state index in [-0.39, 0.29) is 29.7 Å². The molecule has 2 N–H and O–H groups in total. The topological polar surface area (TPSA) is 86.7 Å². The van der Waals surface area contributed by atoms with E-state index in [4.69, 9.17) is 0 Å². The molecule has 1 unspecified atom stereocenters. The van der Waals surface area contributed by atoms with Gasteiger partial charge < -0.3 is 15.3 Å². The molecule has 6 heteroatoms. The Labute approximate surface area is 156 Å². The number of hydrogen-bond donors (Lipinski definition) is 2. The molecular formula is C21H20N2O4. The quantitative estimate of drug-likeness (QED) is 0.873. The van der Waals surface area contributed by atoms with Gasteiger partial charge in [-0.3, -0.25) is 9.59 Å². The smallest absolute Gasteiger partial charge is 0.335 e. The highest BCUT2D eigenvalue weighted by Gasteiger charge is 2.29. The van der Waals surface area contributed by atoms with Crippen molar-refractivity contribution in [2.45, 2.75) is 25.7 Å². The number of hydrogen-bond acceptors (Lipinski definition) is 3. The van der Waals surface area contributed by atoms with Gasteiger partial charge in [0, 0.05) is 30.3 Å². The summed E-state index contributed by atoms with van der Waals surface area (Å²) in [5.41, 5.74) is 3.78. The Morgan fingerprint density at radius 3 is 2.78 bits per heavy atom. The number of rotatable bonds is 4. The lowest BCUT2D eigenvalue weighted by molar-refractivity contribution is -0.121. The Balaban J connectivity index is 1.44. The zero-order chi connectivity index (χ0) is 19.0. The summed E-state index contributed by atoms with van der Waals surface area (Å²) in [6.45, 7) is 0.553. The number of amides is 2. The maximum absolute atomic E-state index is 12.7. The van der Waals surface area contributed by atoms with E-state index in [0.717, 1.165) is 23.2 Å². The first kappa shape index (κ1) is 17.3. The standard InChI is InChI=1S/C21H20N2O4/c24-19(23-10-9-13-5-6-16(21(26)27)12-18(13)23)8-7-15-11-14-3-1-2-4-17(14)22-20(15)25/h1-6,12,15H,7-11H2,(H,22,25)(H,26,27). The molecule has 2 aliphatic heterocycles. The van der Waals surface area contributed by atoms with Gasteiger partial charge in [-0.1, -0.05) is 24.3 Å². The molecule has 6 nitrogen and oxygen atoms in total.